The number of furan rings is 1. The summed E-state index contributed by atoms with van der Waals surface area (Å²) in [5, 5.41) is 12.2. The summed E-state index contributed by atoms with van der Waals surface area (Å²) in [6.45, 7) is 0.555. The molecule has 0 spiro atoms. The number of likely N-dealkylation sites (N-methyl/N-ethyl adjacent to an activating group) is 1. The summed E-state index contributed by atoms with van der Waals surface area (Å²) in [6.07, 6.45) is 9.22. The number of nitrogens with one attached hydrogen (secondary N) is 1. The van der Waals surface area contributed by atoms with Crippen LogP contribution in [0.25, 0.3) is 0 Å². The van der Waals surface area contributed by atoms with Gasteiger partial charge in [-0.2, -0.15) is 0 Å². The van der Waals surface area contributed by atoms with Crippen molar-refractivity contribution >= 4 is 10.9 Å². The minimum Gasteiger partial charge on any atom is -1.00 e. The van der Waals surface area contributed by atoms with E-state index in [-0.39, 0.29) is 24.0 Å². The van der Waals surface area contributed by atoms with Crippen molar-refractivity contribution in [1.29, 1.82) is 0 Å². The van der Waals surface area contributed by atoms with Gasteiger partial charge in [-0.1, -0.05) is 0 Å². The van der Waals surface area contributed by atoms with Crippen molar-refractivity contribution in [2.24, 2.45) is 0 Å². The molecular weight excluding hydrogens is 325 g/mol. The molecular formula is C10H20INO2S. The Kier molecular flexibility index (Phi) is 12.7. The van der Waals surface area contributed by atoms with Gasteiger partial charge < -0.3 is 38.8 Å². The monoisotopic (exact) mass is 345 g/mol. The maximum atomic E-state index is 9.29. The van der Waals surface area contributed by atoms with E-state index in [2.05, 4.69) is 24.1 Å². The van der Waals surface area contributed by atoms with Crippen molar-refractivity contribution in [3.8, 4) is 0 Å². The fourth-order valence-corrected chi connectivity index (χ4v) is 0.776. The standard InChI is InChI=1S/C7H11NO2.C3H9S.HI/c1-8-4-7(9)6-2-3-10-5-6;1-4(2)3;/h2-3,5,7-9H,4H2,1H3;1-3H3;1H/q;+1;/p-1. The number of aliphatic hydroxyl groups excluding tert-OH is 1. The van der Waals surface area contributed by atoms with Crippen molar-refractivity contribution in [2.75, 3.05) is 32.4 Å². The Balaban J connectivity index is 0. The molecule has 1 aromatic rings. The zero-order valence-corrected chi connectivity index (χ0v) is 12.6. The summed E-state index contributed by atoms with van der Waals surface area (Å²) in [5.41, 5.74) is 0.814. The number of hydrogen-bond acceptors (Lipinski definition) is 3. The van der Waals surface area contributed by atoms with Crippen LogP contribution in [0.15, 0.2) is 23.0 Å². The van der Waals surface area contributed by atoms with Crippen LogP contribution in [-0.2, 0) is 10.9 Å². The molecule has 0 bridgehead atoms. The van der Waals surface area contributed by atoms with E-state index < -0.39 is 6.10 Å². The minimum absolute atomic E-state index is 0. The van der Waals surface area contributed by atoms with Gasteiger partial charge in [-0.25, -0.2) is 0 Å². The Bertz CT molecular complexity index is 214. The molecule has 90 valence electrons. The van der Waals surface area contributed by atoms with Gasteiger partial charge in [0, 0.05) is 12.1 Å². The van der Waals surface area contributed by atoms with Crippen molar-refractivity contribution in [3.63, 3.8) is 0 Å². The zero-order chi connectivity index (χ0) is 11.0. The Morgan fingerprint density at radius 3 is 2.33 bits per heavy atom. The van der Waals surface area contributed by atoms with E-state index in [1.165, 1.54) is 0 Å². The molecule has 1 aromatic heterocycles. The highest BCUT2D eigenvalue weighted by Gasteiger charge is 2.05. The van der Waals surface area contributed by atoms with E-state index in [4.69, 9.17) is 4.42 Å². The van der Waals surface area contributed by atoms with E-state index in [0.717, 1.165) is 5.56 Å². The molecule has 0 aromatic carbocycles. The van der Waals surface area contributed by atoms with Gasteiger partial charge in [0.15, 0.2) is 0 Å². The largest absolute Gasteiger partial charge is 1.00 e. The van der Waals surface area contributed by atoms with Crippen LogP contribution in [0.2, 0.25) is 0 Å². The van der Waals surface area contributed by atoms with Gasteiger partial charge in [0.25, 0.3) is 0 Å². The van der Waals surface area contributed by atoms with Crippen LogP contribution in [0.1, 0.15) is 11.7 Å². The molecule has 1 unspecified atom stereocenters. The quantitative estimate of drug-likeness (QED) is 0.494. The number of rotatable bonds is 3. The molecule has 5 heteroatoms. The molecule has 15 heavy (non-hydrogen) atoms. The molecule has 0 aliphatic rings. The summed E-state index contributed by atoms with van der Waals surface area (Å²) in [4.78, 5) is 0. The predicted octanol–water partition coefficient (Wildman–Crippen LogP) is -1.97. The molecule has 0 fully saturated rings. The van der Waals surface area contributed by atoms with Gasteiger partial charge in [0.1, 0.15) is 0 Å². The third-order valence-electron chi connectivity index (χ3n) is 1.33. The molecule has 2 N–H and O–H groups in total. The smallest absolute Gasteiger partial charge is 0.0969 e. The molecule has 0 saturated carbocycles. The van der Waals surface area contributed by atoms with Gasteiger partial charge in [0.2, 0.25) is 0 Å². The fraction of sp³-hybridized carbons (Fsp3) is 0.600. The highest BCUT2D eigenvalue weighted by atomic mass is 127. The zero-order valence-electron chi connectivity index (χ0n) is 9.66. The van der Waals surface area contributed by atoms with Gasteiger partial charge in [-0.3, -0.25) is 0 Å². The first-order valence-electron chi connectivity index (χ1n) is 4.42. The lowest BCUT2D eigenvalue weighted by molar-refractivity contribution is -0.00000537. The molecule has 1 atom stereocenters. The summed E-state index contributed by atoms with van der Waals surface area (Å²) in [7, 11) is 2.43. The topological polar surface area (TPSA) is 45.4 Å². The molecule has 1 heterocycles. The second-order valence-corrected chi connectivity index (χ2v) is 5.80. The summed E-state index contributed by atoms with van der Waals surface area (Å²) < 4.78 is 4.79. The fourth-order valence-electron chi connectivity index (χ4n) is 0.776. The average Bonchev–Trinajstić information content (AvgIpc) is 2.55. The lowest BCUT2D eigenvalue weighted by Crippen LogP contribution is -3.00. The summed E-state index contributed by atoms with van der Waals surface area (Å²) >= 11 is 0. The summed E-state index contributed by atoms with van der Waals surface area (Å²) in [5.74, 6) is 0. The van der Waals surface area contributed by atoms with Crippen LogP contribution in [0.4, 0.5) is 0 Å². The molecule has 0 aliphatic heterocycles. The van der Waals surface area contributed by atoms with Gasteiger partial charge in [0.05, 0.1) is 37.4 Å². The van der Waals surface area contributed by atoms with Crippen molar-refractivity contribution < 1.29 is 33.5 Å². The molecule has 0 aliphatic carbocycles. The second kappa shape index (κ2) is 10.8. The van der Waals surface area contributed by atoms with Crippen LogP contribution < -0.4 is 29.3 Å². The van der Waals surface area contributed by atoms with Crippen molar-refractivity contribution in [3.05, 3.63) is 24.2 Å². The van der Waals surface area contributed by atoms with E-state index in [1.54, 1.807) is 25.6 Å². The highest BCUT2D eigenvalue weighted by molar-refractivity contribution is 7.94. The van der Waals surface area contributed by atoms with Crippen molar-refractivity contribution in [2.45, 2.75) is 6.10 Å². The Hall–Kier alpha value is 0.280. The van der Waals surface area contributed by atoms with E-state index in [0.29, 0.717) is 17.4 Å². The Labute approximate surface area is 112 Å². The van der Waals surface area contributed by atoms with Gasteiger partial charge in [-0.15, -0.1) is 0 Å². The first-order valence-corrected chi connectivity index (χ1v) is 6.86. The number of halogens is 1. The maximum Gasteiger partial charge on any atom is 0.0969 e. The molecule has 1 rings (SSSR count). The van der Waals surface area contributed by atoms with Crippen LogP contribution in [0, 0.1) is 0 Å². The van der Waals surface area contributed by atoms with Crippen molar-refractivity contribution in [1.82, 2.24) is 5.32 Å². The van der Waals surface area contributed by atoms with Crippen LogP contribution in [0.3, 0.4) is 0 Å². The molecule has 0 amide bonds. The van der Waals surface area contributed by atoms with Gasteiger partial charge in [-0.05, 0) is 24.0 Å². The van der Waals surface area contributed by atoms with Crippen LogP contribution in [-0.4, -0.2) is 37.5 Å². The third-order valence-corrected chi connectivity index (χ3v) is 1.33. The average molecular weight is 345 g/mol. The lowest BCUT2D eigenvalue weighted by Gasteiger charge is -2.05. The maximum absolute atomic E-state index is 9.29. The minimum atomic E-state index is -0.455. The molecule has 3 nitrogen and oxygen atoms in total. The highest BCUT2D eigenvalue weighted by Crippen LogP contribution is 2.10. The normalized spacial score (nSPS) is 11.3. The first kappa shape index (κ1) is 17.7. The van der Waals surface area contributed by atoms with E-state index in [9.17, 15) is 5.11 Å². The number of aliphatic hydroxyl groups is 1. The van der Waals surface area contributed by atoms with E-state index >= 15 is 0 Å². The van der Waals surface area contributed by atoms with Crippen LogP contribution >= 0.6 is 0 Å². The number of hydrogen-bond donors (Lipinski definition) is 2. The molecule has 0 radical (unpaired) electrons. The predicted molar refractivity (Wildman–Crippen MR) is 62.7 cm³/mol. The first-order chi connectivity index (χ1) is 6.57. The molecule has 0 saturated heterocycles. The summed E-state index contributed by atoms with van der Waals surface area (Å²) in [6, 6.07) is 1.75. The SMILES string of the molecule is CNCC(O)c1ccoc1.C[S+](C)C.[I-]. The van der Waals surface area contributed by atoms with E-state index in [1.807, 2.05) is 0 Å². The van der Waals surface area contributed by atoms with Crippen LogP contribution in [0.5, 0.6) is 0 Å². The second-order valence-electron chi connectivity index (χ2n) is 3.35. The Morgan fingerprint density at radius 1 is 1.47 bits per heavy atom. The third kappa shape index (κ3) is 10.6. The lowest BCUT2D eigenvalue weighted by atomic mass is 10.2. The van der Waals surface area contributed by atoms with Gasteiger partial charge >= 0.3 is 0 Å². The Morgan fingerprint density at radius 2 is 2.00 bits per heavy atom.